The van der Waals surface area contributed by atoms with Gasteiger partial charge in [-0.05, 0) is 12.0 Å². The molecule has 0 aliphatic carbocycles. The highest BCUT2D eigenvalue weighted by Gasteiger charge is 2.24. The van der Waals surface area contributed by atoms with Crippen molar-refractivity contribution in [1.82, 2.24) is 5.32 Å². The van der Waals surface area contributed by atoms with Crippen molar-refractivity contribution in [3.63, 3.8) is 0 Å². The molecule has 0 spiro atoms. The molecule has 1 aromatic carbocycles. The lowest BCUT2D eigenvalue weighted by atomic mass is 9.96. The van der Waals surface area contributed by atoms with Gasteiger partial charge in [-0.15, -0.1) is 0 Å². The zero-order valence-electron chi connectivity index (χ0n) is 9.43. The van der Waals surface area contributed by atoms with Gasteiger partial charge in [-0.3, -0.25) is 0 Å². The first kappa shape index (κ1) is 11.6. The second-order valence-corrected chi connectivity index (χ2v) is 4.28. The Bertz CT molecular complexity index is 302. The van der Waals surface area contributed by atoms with Crippen molar-refractivity contribution in [3.8, 4) is 0 Å². The van der Waals surface area contributed by atoms with E-state index in [1.165, 1.54) is 5.56 Å². The van der Waals surface area contributed by atoms with Gasteiger partial charge in [-0.2, -0.15) is 0 Å². The minimum atomic E-state index is 0.201. The molecule has 16 heavy (non-hydrogen) atoms. The Morgan fingerprint density at radius 2 is 2.12 bits per heavy atom. The summed E-state index contributed by atoms with van der Waals surface area (Å²) in [6.45, 7) is 2.53. The van der Waals surface area contributed by atoms with Gasteiger partial charge in [0.05, 0.1) is 6.61 Å². The Morgan fingerprint density at radius 3 is 2.88 bits per heavy atom. The van der Waals surface area contributed by atoms with E-state index in [1.807, 2.05) is 18.2 Å². The summed E-state index contributed by atoms with van der Waals surface area (Å²) >= 11 is 0. The minimum Gasteiger partial charge on any atom is -0.396 e. The molecule has 2 atom stereocenters. The summed E-state index contributed by atoms with van der Waals surface area (Å²) < 4.78 is 5.36. The molecule has 0 radical (unpaired) electrons. The standard InChI is InChI=1S/C13H19NO2/c15-9-12-10-16-7-6-13(12)14-8-11-4-2-1-3-5-11/h1-5,12-15H,6-10H2. The molecule has 1 fully saturated rings. The number of hydrogen-bond donors (Lipinski definition) is 2. The Balaban J connectivity index is 1.84. The fourth-order valence-electron chi connectivity index (χ4n) is 2.09. The molecule has 3 heteroatoms. The first-order valence-electron chi connectivity index (χ1n) is 5.86. The highest BCUT2D eigenvalue weighted by atomic mass is 16.5. The Kier molecular flexibility index (Phi) is 4.34. The van der Waals surface area contributed by atoms with Crippen LogP contribution in [0.1, 0.15) is 12.0 Å². The maximum atomic E-state index is 9.24. The number of ether oxygens (including phenoxy) is 1. The lowest BCUT2D eigenvalue weighted by molar-refractivity contribution is 0.00788. The quantitative estimate of drug-likeness (QED) is 0.802. The SMILES string of the molecule is OCC1COCCC1NCc1ccccc1. The molecule has 1 saturated heterocycles. The number of aliphatic hydroxyl groups is 1. The summed E-state index contributed by atoms with van der Waals surface area (Å²) in [5.74, 6) is 0.234. The molecular formula is C13H19NO2. The first-order chi connectivity index (χ1) is 7.90. The van der Waals surface area contributed by atoms with Crippen molar-refractivity contribution in [1.29, 1.82) is 0 Å². The largest absolute Gasteiger partial charge is 0.396 e. The smallest absolute Gasteiger partial charge is 0.0531 e. The van der Waals surface area contributed by atoms with E-state index in [4.69, 9.17) is 4.74 Å². The topological polar surface area (TPSA) is 41.5 Å². The van der Waals surface area contributed by atoms with Crippen LogP contribution in [-0.4, -0.2) is 31.0 Å². The van der Waals surface area contributed by atoms with Crippen LogP contribution in [0.3, 0.4) is 0 Å². The van der Waals surface area contributed by atoms with Gasteiger partial charge in [-0.25, -0.2) is 0 Å². The highest BCUT2D eigenvalue weighted by molar-refractivity contribution is 5.14. The van der Waals surface area contributed by atoms with Crippen molar-refractivity contribution >= 4 is 0 Å². The summed E-state index contributed by atoms with van der Waals surface area (Å²) in [6, 6.07) is 10.7. The van der Waals surface area contributed by atoms with Crippen molar-refractivity contribution in [2.45, 2.75) is 19.0 Å². The molecule has 1 aliphatic heterocycles. The molecule has 1 aliphatic rings. The molecule has 0 amide bonds. The van der Waals surface area contributed by atoms with Crippen LogP contribution in [0.4, 0.5) is 0 Å². The van der Waals surface area contributed by atoms with Crippen LogP contribution in [0.25, 0.3) is 0 Å². The predicted molar refractivity (Wildman–Crippen MR) is 63.1 cm³/mol. The summed E-state index contributed by atoms with van der Waals surface area (Å²) in [5, 5.41) is 12.7. The average molecular weight is 221 g/mol. The summed E-state index contributed by atoms with van der Waals surface area (Å²) in [5.41, 5.74) is 1.28. The van der Waals surface area contributed by atoms with Crippen LogP contribution in [0, 0.1) is 5.92 Å². The van der Waals surface area contributed by atoms with E-state index in [-0.39, 0.29) is 12.5 Å². The second-order valence-electron chi connectivity index (χ2n) is 4.28. The summed E-state index contributed by atoms with van der Waals surface area (Å²) in [7, 11) is 0. The van der Waals surface area contributed by atoms with E-state index in [1.54, 1.807) is 0 Å². The van der Waals surface area contributed by atoms with Crippen molar-refractivity contribution < 1.29 is 9.84 Å². The fraction of sp³-hybridized carbons (Fsp3) is 0.538. The van der Waals surface area contributed by atoms with E-state index < -0.39 is 0 Å². The van der Waals surface area contributed by atoms with Crippen LogP contribution >= 0.6 is 0 Å². The first-order valence-corrected chi connectivity index (χ1v) is 5.86. The highest BCUT2D eigenvalue weighted by Crippen LogP contribution is 2.14. The Labute approximate surface area is 96.4 Å². The van der Waals surface area contributed by atoms with E-state index >= 15 is 0 Å². The van der Waals surface area contributed by atoms with Crippen LogP contribution in [0.5, 0.6) is 0 Å². The van der Waals surface area contributed by atoms with Crippen LogP contribution in [0.2, 0.25) is 0 Å². The molecular weight excluding hydrogens is 202 g/mol. The van der Waals surface area contributed by atoms with E-state index in [0.29, 0.717) is 12.6 Å². The van der Waals surface area contributed by atoms with Gasteiger partial charge in [0.2, 0.25) is 0 Å². The van der Waals surface area contributed by atoms with Gasteiger partial charge in [0.25, 0.3) is 0 Å². The van der Waals surface area contributed by atoms with Crippen LogP contribution in [-0.2, 0) is 11.3 Å². The number of rotatable bonds is 4. The maximum absolute atomic E-state index is 9.24. The number of nitrogens with one attached hydrogen (secondary N) is 1. The van der Waals surface area contributed by atoms with Gasteiger partial charge < -0.3 is 15.2 Å². The molecule has 2 N–H and O–H groups in total. The lowest BCUT2D eigenvalue weighted by Gasteiger charge is -2.31. The van der Waals surface area contributed by atoms with E-state index in [2.05, 4.69) is 17.4 Å². The van der Waals surface area contributed by atoms with E-state index in [9.17, 15) is 5.11 Å². The average Bonchev–Trinajstić information content (AvgIpc) is 2.38. The molecule has 2 unspecified atom stereocenters. The normalized spacial score (nSPS) is 25.6. The third kappa shape index (κ3) is 3.04. The molecule has 0 bridgehead atoms. The predicted octanol–water partition coefficient (Wildman–Crippen LogP) is 1.17. The number of aliphatic hydroxyl groups excluding tert-OH is 1. The fourth-order valence-corrected chi connectivity index (χ4v) is 2.09. The third-order valence-corrected chi connectivity index (χ3v) is 3.12. The maximum Gasteiger partial charge on any atom is 0.0531 e. The summed E-state index contributed by atoms with van der Waals surface area (Å²) in [6.07, 6.45) is 0.984. The Hall–Kier alpha value is -0.900. The van der Waals surface area contributed by atoms with Gasteiger partial charge in [0, 0.05) is 31.7 Å². The van der Waals surface area contributed by atoms with Crippen molar-refractivity contribution in [3.05, 3.63) is 35.9 Å². The molecule has 88 valence electrons. The number of benzene rings is 1. The van der Waals surface area contributed by atoms with Gasteiger partial charge in [-0.1, -0.05) is 30.3 Å². The monoisotopic (exact) mass is 221 g/mol. The second kappa shape index (κ2) is 5.99. The molecule has 3 nitrogen and oxygen atoms in total. The van der Waals surface area contributed by atoms with Crippen molar-refractivity contribution in [2.75, 3.05) is 19.8 Å². The zero-order chi connectivity index (χ0) is 11.2. The van der Waals surface area contributed by atoms with E-state index in [0.717, 1.165) is 19.6 Å². The third-order valence-electron chi connectivity index (χ3n) is 3.12. The molecule has 0 saturated carbocycles. The molecule has 1 aromatic rings. The van der Waals surface area contributed by atoms with Crippen LogP contribution < -0.4 is 5.32 Å². The minimum absolute atomic E-state index is 0.201. The van der Waals surface area contributed by atoms with Gasteiger partial charge >= 0.3 is 0 Å². The number of hydrogen-bond acceptors (Lipinski definition) is 3. The van der Waals surface area contributed by atoms with Gasteiger partial charge in [0.15, 0.2) is 0 Å². The van der Waals surface area contributed by atoms with Crippen LogP contribution in [0.15, 0.2) is 30.3 Å². The van der Waals surface area contributed by atoms with Crippen molar-refractivity contribution in [2.24, 2.45) is 5.92 Å². The summed E-state index contributed by atoms with van der Waals surface area (Å²) in [4.78, 5) is 0. The molecule has 0 aromatic heterocycles. The lowest BCUT2D eigenvalue weighted by Crippen LogP contribution is -2.44. The zero-order valence-corrected chi connectivity index (χ0v) is 9.43. The Morgan fingerprint density at radius 1 is 1.31 bits per heavy atom. The molecule has 1 heterocycles. The molecule has 2 rings (SSSR count). The van der Waals surface area contributed by atoms with Gasteiger partial charge in [0.1, 0.15) is 0 Å².